The van der Waals surface area contributed by atoms with E-state index in [-0.39, 0.29) is 5.91 Å². The van der Waals surface area contributed by atoms with E-state index in [1.165, 1.54) is 12.8 Å². The third-order valence-corrected chi connectivity index (χ3v) is 5.92. The molecule has 0 atom stereocenters. The Morgan fingerprint density at radius 1 is 1.12 bits per heavy atom. The second-order valence-electron chi connectivity index (χ2n) is 7.58. The van der Waals surface area contributed by atoms with E-state index in [9.17, 15) is 4.79 Å². The Kier molecular flexibility index (Phi) is 4.34. The number of aromatic nitrogens is 2. The first kappa shape index (κ1) is 16.3. The summed E-state index contributed by atoms with van der Waals surface area (Å²) in [6, 6.07) is 9.97. The standard InChI is InChI=1S/C20H26N4O/c1-22-11-4-6-18(22)19(25)24-14-9-20(16-24)7-12-23(13-8-20)15-17-5-2-3-10-21-17/h2-6,10-11H,7-9,12-16H2,1H3. The summed E-state index contributed by atoms with van der Waals surface area (Å²) in [5.74, 6) is 0.181. The molecule has 2 fully saturated rings. The van der Waals surface area contributed by atoms with Crippen molar-refractivity contribution < 1.29 is 4.79 Å². The van der Waals surface area contributed by atoms with Crippen LogP contribution in [0.15, 0.2) is 42.7 Å². The van der Waals surface area contributed by atoms with Gasteiger partial charge in [0.25, 0.3) is 5.91 Å². The van der Waals surface area contributed by atoms with Crippen LogP contribution in [0.2, 0.25) is 0 Å². The fourth-order valence-electron chi connectivity index (χ4n) is 4.27. The maximum Gasteiger partial charge on any atom is 0.270 e. The zero-order chi connectivity index (χ0) is 17.3. The number of pyridine rings is 1. The maximum absolute atomic E-state index is 12.7. The average molecular weight is 338 g/mol. The van der Waals surface area contributed by atoms with Gasteiger partial charge in [0, 0.05) is 39.1 Å². The molecule has 2 aromatic rings. The highest BCUT2D eigenvalue weighted by molar-refractivity contribution is 5.93. The molecule has 132 valence electrons. The summed E-state index contributed by atoms with van der Waals surface area (Å²) in [7, 11) is 1.94. The number of hydrogen-bond donors (Lipinski definition) is 0. The van der Waals surface area contributed by atoms with Crippen LogP contribution >= 0.6 is 0 Å². The summed E-state index contributed by atoms with van der Waals surface area (Å²) in [6.07, 6.45) is 7.30. The van der Waals surface area contributed by atoms with Crippen molar-refractivity contribution in [2.24, 2.45) is 12.5 Å². The predicted octanol–water partition coefficient (Wildman–Crippen LogP) is 2.55. The first-order chi connectivity index (χ1) is 12.2. The zero-order valence-electron chi connectivity index (χ0n) is 14.9. The van der Waals surface area contributed by atoms with E-state index in [2.05, 4.69) is 26.9 Å². The number of carbonyl (C=O) groups excluding carboxylic acids is 1. The van der Waals surface area contributed by atoms with Gasteiger partial charge in [0.2, 0.25) is 0 Å². The Labute approximate surface area is 149 Å². The van der Waals surface area contributed by atoms with Gasteiger partial charge in [-0.1, -0.05) is 6.07 Å². The Bertz CT molecular complexity index is 731. The van der Waals surface area contributed by atoms with E-state index in [4.69, 9.17) is 0 Å². The molecule has 0 N–H and O–H groups in total. The molecule has 2 saturated heterocycles. The van der Waals surface area contributed by atoms with Crippen molar-refractivity contribution in [3.05, 3.63) is 54.1 Å². The van der Waals surface area contributed by atoms with E-state index in [0.717, 1.165) is 50.5 Å². The van der Waals surface area contributed by atoms with E-state index >= 15 is 0 Å². The molecule has 2 aliphatic heterocycles. The van der Waals surface area contributed by atoms with E-state index < -0.39 is 0 Å². The Morgan fingerprint density at radius 2 is 1.92 bits per heavy atom. The number of carbonyl (C=O) groups is 1. The number of nitrogens with zero attached hydrogens (tertiary/aromatic N) is 4. The molecular formula is C20H26N4O. The molecule has 5 heteroatoms. The molecule has 0 radical (unpaired) electrons. The van der Waals surface area contributed by atoms with E-state index in [1.54, 1.807) is 0 Å². The lowest BCUT2D eigenvalue weighted by atomic mass is 9.78. The average Bonchev–Trinajstić information content (AvgIpc) is 3.25. The lowest BCUT2D eigenvalue weighted by Gasteiger charge is -2.39. The number of likely N-dealkylation sites (tertiary alicyclic amines) is 2. The number of hydrogen-bond acceptors (Lipinski definition) is 3. The minimum atomic E-state index is 0.181. The van der Waals surface area contributed by atoms with Crippen LogP contribution in [-0.4, -0.2) is 51.4 Å². The molecule has 0 saturated carbocycles. The van der Waals surface area contributed by atoms with Crippen LogP contribution in [-0.2, 0) is 13.6 Å². The fourth-order valence-corrected chi connectivity index (χ4v) is 4.27. The first-order valence-electron chi connectivity index (χ1n) is 9.18. The summed E-state index contributed by atoms with van der Waals surface area (Å²) < 4.78 is 1.92. The summed E-state index contributed by atoms with van der Waals surface area (Å²) >= 11 is 0. The number of piperidine rings is 1. The lowest BCUT2D eigenvalue weighted by Crippen LogP contribution is -2.42. The molecule has 0 aliphatic carbocycles. The lowest BCUT2D eigenvalue weighted by molar-refractivity contribution is 0.0704. The molecule has 1 amide bonds. The second kappa shape index (κ2) is 6.64. The Balaban J connectivity index is 1.34. The van der Waals surface area contributed by atoms with Crippen molar-refractivity contribution in [1.29, 1.82) is 0 Å². The zero-order valence-corrected chi connectivity index (χ0v) is 14.9. The van der Waals surface area contributed by atoms with Crippen LogP contribution in [0.3, 0.4) is 0 Å². The summed E-state index contributed by atoms with van der Waals surface area (Å²) in [5.41, 5.74) is 2.26. The number of rotatable bonds is 3. The van der Waals surface area contributed by atoms with Gasteiger partial charge in [0.1, 0.15) is 5.69 Å². The molecule has 0 aromatic carbocycles. The SMILES string of the molecule is Cn1cccc1C(=O)N1CCC2(CCN(Cc3ccccn3)CC2)C1. The van der Waals surface area contributed by atoms with Gasteiger partial charge in [-0.2, -0.15) is 0 Å². The maximum atomic E-state index is 12.7. The smallest absolute Gasteiger partial charge is 0.270 e. The van der Waals surface area contributed by atoms with Gasteiger partial charge >= 0.3 is 0 Å². The molecule has 2 aliphatic rings. The molecule has 0 bridgehead atoms. The van der Waals surface area contributed by atoms with Crippen LogP contribution in [0.1, 0.15) is 35.4 Å². The van der Waals surface area contributed by atoms with Crippen LogP contribution in [0, 0.1) is 5.41 Å². The topological polar surface area (TPSA) is 41.4 Å². The highest BCUT2D eigenvalue weighted by atomic mass is 16.2. The molecule has 1 spiro atoms. The van der Waals surface area contributed by atoms with Gasteiger partial charge in [-0.05, 0) is 62.0 Å². The van der Waals surface area contributed by atoms with Crippen molar-refractivity contribution in [3.63, 3.8) is 0 Å². The molecule has 4 heterocycles. The minimum absolute atomic E-state index is 0.181. The van der Waals surface area contributed by atoms with Gasteiger partial charge in [-0.25, -0.2) is 0 Å². The monoisotopic (exact) mass is 338 g/mol. The van der Waals surface area contributed by atoms with Gasteiger partial charge in [-0.3, -0.25) is 14.7 Å². The van der Waals surface area contributed by atoms with Crippen molar-refractivity contribution in [2.45, 2.75) is 25.8 Å². The molecule has 5 nitrogen and oxygen atoms in total. The molecular weight excluding hydrogens is 312 g/mol. The van der Waals surface area contributed by atoms with Gasteiger partial charge in [0.15, 0.2) is 0 Å². The molecule has 0 unspecified atom stereocenters. The quantitative estimate of drug-likeness (QED) is 0.864. The van der Waals surface area contributed by atoms with Crippen LogP contribution < -0.4 is 0 Å². The fraction of sp³-hybridized carbons (Fsp3) is 0.500. The number of amides is 1. The molecule has 4 rings (SSSR count). The van der Waals surface area contributed by atoms with Crippen LogP contribution in [0.5, 0.6) is 0 Å². The number of aryl methyl sites for hydroxylation is 1. The van der Waals surface area contributed by atoms with Crippen LogP contribution in [0.25, 0.3) is 0 Å². The molecule has 2 aromatic heterocycles. The van der Waals surface area contributed by atoms with Crippen molar-refractivity contribution in [2.75, 3.05) is 26.2 Å². The van der Waals surface area contributed by atoms with Crippen LogP contribution in [0.4, 0.5) is 0 Å². The summed E-state index contributed by atoms with van der Waals surface area (Å²) in [6.45, 7) is 4.94. The van der Waals surface area contributed by atoms with Gasteiger partial charge in [-0.15, -0.1) is 0 Å². The highest BCUT2D eigenvalue weighted by Gasteiger charge is 2.42. The normalized spacial score (nSPS) is 20.3. The Hall–Kier alpha value is -2.14. The summed E-state index contributed by atoms with van der Waals surface area (Å²) in [4.78, 5) is 21.7. The van der Waals surface area contributed by atoms with E-state index in [1.807, 2.05) is 42.2 Å². The van der Waals surface area contributed by atoms with Crippen molar-refractivity contribution in [3.8, 4) is 0 Å². The molecule has 25 heavy (non-hydrogen) atoms. The third-order valence-electron chi connectivity index (χ3n) is 5.92. The summed E-state index contributed by atoms with van der Waals surface area (Å²) in [5, 5.41) is 0. The third kappa shape index (κ3) is 3.33. The van der Waals surface area contributed by atoms with Gasteiger partial charge in [0.05, 0.1) is 5.69 Å². The highest BCUT2D eigenvalue weighted by Crippen LogP contribution is 2.41. The largest absolute Gasteiger partial charge is 0.347 e. The van der Waals surface area contributed by atoms with Crippen molar-refractivity contribution >= 4 is 5.91 Å². The minimum Gasteiger partial charge on any atom is -0.347 e. The van der Waals surface area contributed by atoms with E-state index in [0.29, 0.717) is 5.41 Å². The Morgan fingerprint density at radius 3 is 2.60 bits per heavy atom. The van der Waals surface area contributed by atoms with Gasteiger partial charge < -0.3 is 9.47 Å². The van der Waals surface area contributed by atoms with Crippen molar-refractivity contribution in [1.82, 2.24) is 19.4 Å². The second-order valence-corrected chi connectivity index (χ2v) is 7.58. The first-order valence-corrected chi connectivity index (χ1v) is 9.18. The predicted molar refractivity (Wildman–Crippen MR) is 97.1 cm³/mol.